The molecule has 10 heteroatoms. The summed E-state index contributed by atoms with van der Waals surface area (Å²) >= 11 is 0. The SMILES string of the molecule is Cc1cc([C@@H](C)Nc2cnc(C(F)(F)F)nc2CO)c2oc(N3Cc4ccccc4C3)cc(=O)c2c1. The van der Waals surface area contributed by atoms with Crippen LogP contribution in [0.4, 0.5) is 24.7 Å². The number of hydrogen-bond donors (Lipinski definition) is 2. The van der Waals surface area contributed by atoms with Crippen LogP contribution in [-0.2, 0) is 25.9 Å². The molecule has 7 nitrogen and oxygen atoms in total. The highest BCUT2D eigenvalue weighted by Gasteiger charge is 2.35. The first-order valence-electron chi connectivity index (χ1n) is 11.3. The Kier molecular flexibility index (Phi) is 5.91. The van der Waals surface area contributed by atoms with Gasteiger partial charge in [-0.2, -0.15) is 13.2 Å². The van der Waals surface area contributed by atoms with E-state index in [9.17, 15) is 23.1 Å². The number of aryl methyl sites for hydroxylation is 1. The van der Waals surface area contributed by atoms with Crippen LogP contribution in [0.2, 0.25) is 0 Å². The van der Waals surface area contributed by atoms with Gasteiger partial charge in [0.05, 0.1) is 35.6 Å². The first kappa shape index (κ1) is 23.8. The number of nitrogens with zero attached hydrogens (tertiary/aromatic N) is 3. The van der Waals surface area contributed by atoms with E-state index < -0.39 is 24.6 Å². The number of hydrogen-bond acceptors (Lipinski definition) is 7. The second-order valence-corrected chi connectivity index (χ2v) is 8.88. The van der Waals surface area contributed by atoms with Crippen molar-refractivity contribution in [3.05, 3.63) is 92.7 Å². The van der Waals surface area contributed by atoms with Crippen molar-refractivity contribution in [3.63, 3.8) is 0 Å². The third-order valence-corrected chi connectivity index (χ3v) is 6.25. The lowest BCUT2D eigenvalue weighted by Crippen LogP contribution is -2.18. The molecule has 3 heterocycles. The molecule has 186 valence electrons. The van der Waals surface area contributed by atoms with Crippen molar-refractivity contribution in [2.45, 2.75) is 45.8 Å². The fraction of sp³-hybridized carbons (Fsp3) is 0.269. The molecule has 0 bridgehead atoms. The minimum absolute atomic E-state index is 0.154. The number of aromatic nitrogens is 2. The lowest BCUT2D eigenvalue weighted by molar-refractivity contribution is -0.145. The Morgan fingerprint density at radius 2 is 1.86 bits per heavy atom. The van der Waals surface area contributed by atoms with E-state index in [1.807, 2.05) is 42.2 Å². The summed E-state index contributed by atoms with van der Waals surface area (Å²) in [6.45, 7) is 4.15. The Morgan fingerprint density at radius 3 is 2.50 bits per heavy atom. The van der Waals surface area contributed by atoms with E-state index in [1.54, 1.807) is 13.0 Å². The third kappa shape index (κ3) is 4.39. The van der Waals surface area contributed by atoms with Gasteiger partial charge >= 0.3 is 6.18 Å². The zero-order valence-corrected chi connectivity index (χ0v) is 19.6. The van der Waals surface area contributed by atoms with Crippen LogP contribution < -0.4 is 15.6 Å². The molecule has 0 aliphatic carbocycles. The van der Waals surface area contributed by atoms with E-state index in [-0.39, 0.29) is 16.8 Å². The van der Waals surface area contributed by atoms with E-state index in [1.165, 1.54) is 17.2 Å². The maximum Gasteiger partial charge on any atom is 0.451 e. The van der Waals surface area contributed by atoms with Gasteiger partial charge in [-0.3, -0.25) is 4.79 Å². The summed E-state index contributed by atoms with van der Waals surface area (Å²) in [5.41, 5.74) is 3.97. The Bertz CT molecular complexity index is 1490. The third-order valence-electron chi connectivity index (χ3n) is 6.25. The summed E-state index contributed by atoms with van der Waals surface area (Å²) in [6.07, 6.45) is -3.73. The normalized spacial score (nSPS) is 14.2. The Hall–Kier alpha value is -3.92. The van der Waals surface area contributed by atoms with Gasteiger partial charge in [0, 0.05) is 24.7 Å². The molecule has 4 aromatic rings. The van der Waals surface area contributed by atoms with E-state index in [2.05, 4.69) is 15.3 Å². The van der Waals surface area contributed by atoms with Crippen molar-refractivity contribution in [1.29, 1.82) is 0 Å². The molecule has 2 aromatic heterocycles. The molecule has 0 unspecified atom stereocenters. The quantitative estimate of drug-likeness (QED) is 0.397. The molecule has 1 aliphatic rings. The van der Waals surface area contributed by atoms with Crippen LogP contribution in [0.3, 0.4) is 0 Å². The highest BCUT2D eigenvalue weighted by atomic mass is 19.4. The molecule has 0 radical (unpaired) electrons. The Labute approximate surface area is 204 Å². The van der Waals surface area contributed by atoms with Gasteiger partial charge in [-0.15, -0.1) is 0 Å². The van der Waals surface area contributed by atoms with Crippen LogP contribution in [0.25, 0.3) is 11.0 Å². The molecule has 1 atom stereocenters. The van der Waals surface area contributed by atoms with Gasteiger partial charge < -0.3 is 19.7 Å². The largest absolute Gasteiger partial charge is 0.451 e. The van der Waals surface area contributed by atoms with E-state index in [0.717, 1.165) is 11.8 Å². The van der Waals surface area contributed by atoms with Gasteiger partial charge in [-0.25, -0.2) is 9.97 Å². The summed E-state index contributed by atoms with van der Waals surface area (Å²) in [5.74, 6) is -0.886. The number of anilines is 2. The molecule has 0 spiro atoms. The molecule has 0 fully saturated rings. The van der Waals surface area contributed by atoms with Gasteiger partial charge in [0.2, 0.25) is 11.7 Å². The van der Waals surface area contributed by atoms with Crippen LogP contribution in [0.15, 0.2) is 57.9 Å². The smallest absolute Gasteiger partial charge is 0.440 e. The van der Waals surface area contributed by atoms with Crippen LogP contribution in [0.1, 0.15) is 46.7 Å². The van der Waals surface area contributed by atoms with Gasteiger partial charge in [0.1, 0.15) is 5.58 Å². The molecular weight excluding hydrogens is 473 g/mol. The van der Waals surface area contributed by atoms with Crippen LogP contribution >= 0.6 is 0 Å². The minimum Gasteiger partial charge on any atom is -0.440 e. The average Bonchev–Trinajstić information content (AvgIpc) is 3.28. The molecular formula is C26H23F3N4O3. The first-order chi connectivity index (χ1) is 17.1. The molecule has 0 saturated heterocycles. The monoisotopic (exact) mass is 496 g/mol. The maximum absolute atomic E-state index is 13.1. The van der Waals surface area contributed by atoms with Crippen LogP contribution in [0.5, 0.6) is 0 Å². The Morgan fingerprint density at radius 1 is 1.17 bits per heavy atom. The Balaban J connectivity index is 1.53. The number of rotatable bonds is 5. The predicted octanol–water partition coefficient (Wildman–Crippen LogP) is 5.10. The van der Waals surface area contributed by atoms with E-state index >= 15 is 0 Å². The number of benzene rings is 2. The number of alkyl halides is 3. The zero-order chi connectivity index (χ0) is 25.6. The molecule has 0 saturated carbocycles. The highest BCUT2D eigenvalue weighted by molar-refractivity contribution is 5.82. The summed E-state index contributed by atoms with van der Waals surface area (Å²) in [4.78, 5) is 21.9. The van der Waals surface area contributed by atoms with Crippen molar-refractivity contribution in [3.8, 4) is 0 Å². The molecule has 1 aliphatic heterocycles. The molecule has 36 heavy (non-hydrogen) atoms. The number of nitrogens with one attached hydrogen (secondary N) is 1. The van der Waals surface area contributed by atoms with Crippen molar-refractivity contribution >= 4 is 22.5 Å². The van der Waals surface area contributed by atoms with Gasteiger partial charge in [-0.05, 0) is 36.6 Å². The summed E-state index contributed by atoms with van der Waals surface area (Å²) < 4.78 is 45.3. The first-order valence-corrected chi connectivity index (χ1v) is 11.3. The maximum atomic E-state index is 13.1. The topological polar surface area (TPSA) is 91.5 Å². The standard InChI is InChI=1S/C26H23F3N4O3/c1-14-7-18(15(2)31-20-10-30-25(26(27,28)29)32-21(20)13-34)24-19(8-14)22(35)9-23(36-24)33-11-16-5-3-4-6-17(16)12-33/h3-10,15,31,34H,11-13H2,1-2H3/t15-/m1/s1. The van der Waals surface area contributed by atoms with Crippen molar-refractivity contribution in [1.82, 2.24) is 9.97 Å². The number of halogens is 3. The van der Waals surface area contributed by atoms with E-state index in [4.69, 9.17) is 4.42 Å². The highest BCUT2D eigenvalue weighted by Crippen LogP contribution is 2.34. The fourth-order valence-corrected chi connectivity index (χ4v) is 4.49. The summed E-state index contributed by atoms with van der Waals surface area (Å²) in [5, 5.41) is 13.1. The minimum atomic E-state index is -4.73. The second kappa shape index (κ2) is 8.94. The van der Waals surface area contributed by atoms with Crippen molar-refractivity contribution < 1.29 is 22.7 Å². The molecule has 2 aromatic carbocycles. The van der Waals surface area contributed by atoms with Crippen molar-refractivity contribution in [2.24, 2.45) is 0 Å². The lowest BCUT2D eigenvalue weighted by atomic mass is 10.0. The number of aliphatic hydroxyl groups is 1. The molecule has 0 amide bonds. The number of fused-ring (bicyclic) bond motifs is 2. The summed E-state index contributed by atoms with van der Waals surface area (Å²) in [7, 11) is 0. The van der Waals surface area contributed by atoms with Gasteiger partial charge in [0.15, 0.2) is 5.43 Å². The lowest BCUT2D eigenvalue weighted by Gasteiger charge is -2.21. The predicted molar refractivity (Wildman–Crippen MR) is 129 cm³/mol. The average molecular weight is 496 g/mol. The van der Waals surface area contributed by atoms with Gasteiger partial charge in [-0.1, -0.05) is 30.3 Å². The molecule has 5 rings (SSSR count). The van der Waals surface area contributed by atoms with Crippen molar-refractivity contribution in [2.75, 3.05) is 10.2 Å². The summed E-state index contributed by atoms with van der Waals surface area (Å²) in [6, 6.07) is 12.6. The van der Waals surface area contributed by atoms with Crippen LogP contribution in [0, 0.1) is 6.92 Å². The van der Waals surface area contributed by atoms with E-state index in [0.29, 0.717) is 35.5 Å². The second-order valence-electron chi connectivity index (χ2n) is 8.88. The van der Waals surface area contributed by atoms with Crippen LogP contribution in [-0.4, -0.2) is 15.1 Å². The molecule has 2 N–H and O–H groups in total. The van der Waals surface area contributed by atoms with Gasteiger partial charge in [0.25, 0.3) is 0 Å². The number of aliphatic hydroxyl groups excluding tert-OH is 1. The fourth-order valence-electron chi connectivity index (χ4n) is 4.49. The zero-order valence-electron chi connectivity index (χ0n) is 19.6.